The number of pyridine rings is 1. The molecule has 0 aromatic carbocycles. The van der Waals surface area contributed by atoms with Gasteiger partial charge in [0.05, 0.1) is 37.4 Å². The number of nitrogens with one attached hydrogen (secondary N) is 1. The molecule has 0 atom stereocenters. The van der Waals surface area contributed by atoms with Gasteiger partial charge in [0.15, 0.2) is 0 Å². The summed E-state index contributed by atoms with van der Waals surface area (Å²) in [6.07, 6.45) is 9.20. The summed E-state index contributed by atoms with van der Waals surface area (Å²) in [6.45, 7) is 0.686. The molecule has 0 saturated carbocycles. The molecule has 150 valence electrons. The third-order valence-corrected chi connectivity index (χ3v) is 5.88. The van der Waals surface area contributed by atoms with Crippen LogP contribution in [0.2, 0.25) is 0 Å². The van der Waals surface area contributed by atoms with Crippen molar-refractivity contribution in [2.24, 2.45) is 7.05 Å². The van der Waals surface area contributed by atoms with Crippen LogP contribution in [0.4, 0.5) is 5.82 Å². The third-order valence-electron chi connectivity index (χ3n) is 4.74. The van der Waals surface area contributed by atoms with Crippen LogP contribution in [0, 0.1) is 0 Å². The number of imidazole rings is 1. The van der Waals surface area contributed by atoms with Crippen molar-refractivity contribution in [1.29, 1.82) is 0 Å². The molecule has 0 saturated heterocycles. The molecule has 1 N–H and O–H groups in total. The van der Waals surface area contributed by atoms with E-state index in [1.54, 1.807) is 31.0 Å². The Morgan fingerprint density at radius 2 is 2.03 bits per heavy atom. The molecule has 0 fully saturated rings. The molecule has 0 aliphatic rings. The van der Waals surface area contributed by atoms with Crippen molar-refractivity contribution in [3.05, 3.63) is 66.3 Å². The first-order valence-corrected chi connectivity index (χ1v) is 10.2. The topological polar surface area (TPSA) is 82.2 Å². The highest BCUT2D eigenvalue weighted by atomic mass is 32.1. The van der Waals surface area contributed by atoms with Crippen molar-refractivity contribution in [1.82, 2.24) is 29.1 Å². The van der Waals surface area contributed by atoms with Crippen LogP contribution in [0.5, 0.6) is 5.75 Å². The van der Waals surface area contributed by atoms with E-state index in [9.17, 15) is 0 Å². The van der Waals surface area contributed by atoms with E-state index in [-0.39, 0.29) is 0 Å². The number of aromatic nitrogens is 6. The predicted molar refractivity (Wildman–Crippen MR) is 117 cm³/mol. The van der Waals surface area contributed by atoms with Crippen LogP contribution in [-0.4, -0.2) is 36.2 Å². The van der Waals surface area contributed by atoms with Crippen molar-refractivity contribution in [2.75, 3.05) is 12.4 Å². The molecule has 0 aliphatic carbocycles. The zero-order chi connectivity index (χ0) is 20.5. The van der Waals surface area contributed by atoms with E-state index >= 15 is 0 Å². The lowest BCUT2D eigenvalue weighted by Gasteiger charge is -2.06. The second kappa shape index (κ2) is 7.60. The molecule has 0 unspecified atom stereocenters. The second-order valence-corrected chi connectivity index (χ2v) is 7.92. The van der Waals surface area contributed by atoms with Gasteiger partial charge in [-0.3, -0.25) is 9.08 Å². The maximum absolute atomic E-state index is 5.27. The molecule has 5 rings (SSSR count). The van der Waals surface area contributed by atoms with Crippen molar-refractivity contribution < 1.29 is 4.74 Å². The number of anilines is 1. The summed E-state index contributed by atoms with van der Waals surface area (Å²) in [5.74, 6) is 1.53. The fourth-order valence-electron chi connectivity index (χ4n) is 3.23. The zero-order valence-electron chi connectivity index (χ0n) is 16.5. The van der Waals surface area contributed by atoms with Gasteiger partial charge in [0.1, 0.15) is 23.5 Å². The number of aryl methyl sites for hydroxylation is 1. The largest absolute Gasteiger partial charge is 0.497 e. The van der Waals surface area contributed by atoms with Gasteiger partial charge in [0.25, 0.3) is 0 Å². The number of hydrogen-bond donors (Lipinski definition) is 1. The Morgan fingerprint density at radius 3 is 2.87 bits per heavy atom. The van der Waals surface area contributed by atoms with Crippen molar-refractivity contribution in [3.63, 3.8) is 0 Å². The first kappa shape index (κ1) is 18.3. The van der Waals surface area contributed by atoms with Gasteiger partial charge in [-0.1, -0.05) is 0 Å². The quantitative estimate of drug-likeness (QED) is 0.452. The summed E-state index contributed by atoms with van der Waals surface area (Å²) < 4.78 is 9.06. The number of thiophene rings is 1. The number of methoxy groups -OCH3 is 1. The lowest BCUT2D eigenvalue weighted by molar-refractivity contribution is 0.414. The van der Waals surface area contributed by atoms with Gasteiger partial charge in [-0.15, -0.1) is 11.3 Å². The van der Waals surface area contributed by atoms with E-state index in [1.165, 1.54) is 9.75 Å². The standard InChI is InChI=1S/C21H19N7OS/c1-27-12-14(9-26-27)19-4-3-16(30-19)10-22-20-8-17(24-13-25-20)18-11-23-21-7-15(29-2)5-6-28(18)21/h3-9,11-13H,10H2,1-2H3,(H,22,24,25). The average Bonchev–Trinajstić information content (AvgIpc) is 3.51. The molecule has 5 heterocycles. The van der Waals surface area contributed by atoms with Gasteiger partial charge in [-0.2, -0.15) is 5.10 Å². The molecular weight excluding hydrogens is 398 g/mol. The highest BCUT2D eigenvalue weighted by Gasteiger charge is 2.10. The minimum Gasteiger partial charge on any atom is -0.497 e. The summed E-state index contributed by atoms with van der Waals surface area (Å²) in [7, 11) is 3.57. The first-order chi connectivity index (χ1) is 14.7. The van der Waals surface area contributed by atoms with Crippen LogP contribution in [0.15, 0.2) is 61.4 Å². The van der Waals surface area contributed by atoms with Gasteiger partial charge in [0, 0.05) is 46.9 Å². The van der Waals surface area contributed by atoms with E-state index in [2.05, 4.69) is 37.5 Å². The van der Waals surface area contributed by atoms with Crippen LogP contribution in [0.3, 0.4) is 0 Å². The van der Waals surface area contributed by atoms with Gasteiger partial charge in [-0.25, -0.2) is 15.0 Å². The van der Waals surface area contributed by atoms with Gasteiger partial charge in [0.2, 0.25) is 0 Å². The highest BCUT2D eigenvalue weighted by Crippen LogP contribution is 2.28. The molecule has 30 heavy (non-hydrogen) atoms. The van der Waals surface area contributed by atoms with Gasteiger partial charge < -0.3 is 10.1 Å². The van der Waals surface area contributed by atoms with Gasteiger partial charge >= 0.3 is 0 Å². The van der Waals surface area contributed by atoms with E-state index in [0.717, 1.165) is 34.2 Å². The number of fused-ring (bicyclic) bond motifs is 1. The molecule has 5 aromatic heterocycles. The molecule has 8 nitrogen and oxygen atoms in total. The summed E-state index contributed by atoms with van der Waals surface area (Å²) in [4.78, 5) is 15.7. The Bertz CT molecular complexity index is 1320. The zero-order valence-corrected chi connectivity index (χ0v) is 17.3. The molecule has 0 amide bonds. The molecule has 0 bridgehead atoms. The van der Waals surface area contributed by atoms with Gasteiger partial charge in [-0.05, 0) is 18.2 Å². The van der Waals surface area contributed by atoms with Crippen LogP contribution >= 0.6 is 11.3 Å². The van der Waals surface area contributed by atoms with Crippen LogP contribution in [0.1, 0.15) is 4.88 Å². The Balaban J connectivity index is 1.34. The predicted octanol–water partition coefficient (Wildman–Crippen LogP) is 3.87. The maximum atomic E-state index is 5.27. The normalized spacial score (nSPS) is 11.1. The van der Waals surface area contributed by atoms with Crippen molar-refractivity contribution >= 4 is 22.8 Å². The summed E-state index contributed by atoms with van der Waals surface area (Å²) in [6, 6.07) is 9.97. The molecular formula is C21H19N7OS. The van der Waals surface area contributed by atoms with E-state index in [4.69, 9.17) is 4.74 Å². The minimum absolute atomic E-state index is 0.686. The fourth-order valence-corrected chi connectivity index (χ4v) is 4.15. The molecule has 0 radical (unpaired) electrons. The maximum Gasteiger partial charge on any atom is 0.140 e. The second-order valence-electron chi connectivity index (χ2n) is 6.75. The fraction of sp³-hybridized carbons (Fsp3) is 0.143. The number of hydrogen-bond acceptors (Lipinski definition) is 7. The van der Waals surface area contributed by atoms with E-state index in [0.29, 0.717) is 6.54 Å². The Hall–Kier alpha value is -3.72. The summed E-state index contributed by atoms with van der Waals surface area (Å²) in [5.41, 5.74) is 3.63. The van der Waals surface area contributed by atoms with E-state index < -0.39 is 0 Å². The summed E-state index contributed by atoms with van der Waals surface area (Å²) >= 11 is 1.74. The Labute approximate surface area is 176 Å². The third kappa shape index (κ3) is 3.50. The summed E-state index contributed by atoms with van der Waals surface area (Å²) in [5, 5.41) is 7.63. The molecule has 0 spiro atoms. The number of nitrogens with zero attached hydrogens (tertiary/aromatic N) is 6. The Kier molecular flexibility index (Phi) is 4.64. The molecule has 5 aromatic rings. The van der Waals surface area contributed by atoms with Crippen molar-refractivity contribution in [2.45, 2.75) is 6.54 Å². The molecule has 9 heteroatoms. The first-order valence-electron chi connectivity index (χ1n) is 9.35. The lowest BCUT2D eigenvalue weighted by atomic mass is 10.3. The van der Waals surface area contributed by atoms with E-state index in [1.807, 2.05) is 52.9 Å². The average molecular weight is 417 g/mol. The van der Waals surface area contributed by atoms with Crippen LogP contribution < -0.4 is 10.1 Å². The number of rotatable bonds is 6. The smallest absolute Gasteiger partial charge is 0.140 e. The highest BCUT2D eigenvalue weighted by molar-refractivity contribution is 7.15. The van der Waals surface area contributed by atoms with Crippen molar-refractivity contribution in [3.8, 4) is 27.6 Å². The SMILES string of the molecule is COc1ccn2c(-c3cc(NCc4ccc(-c5cnn(C)c5)s4)ncn3)cnc2c1. The van der Waals surface area contributed by atoms with Crippen LogP contribution in [-0.2, 0) is 13.6 Å². The Morgan fingerprint density at radius 1 is 1.10 bits per heavy atom. The van der Waals surface area contributed by atoms with Crippen LogP contribution in [0.25, 0.3) is 27.5 Å². The monoisotopic (exact) mass is 417 g/mol. The lowest BCUT2D eigenvalue weighted by Crippen LogP contribution is -2.01. The molecule has 0 aliphatic heterocycles. The number of ether oxygens (including phenoxy) is 1. The minimum atomic E-state index is 0.686.